The topological polar surface area (TPSA) is 9.86 Å². The fourth-order valence-corrected chi connectivity index (χ4v) is 10.1. The first-order valence-electron chi connectivity index (χ1n) is 16.9. The third-order valence-corrected chi connectivity index (χ3v) is 12.1. The van der Waals surface area contributed by atoms with Crippen LogP contribution in [-0.4, -0.2) is 9.13 Å². The Balaban J connectivity index is 1.09. The first-order chi connectivity index (χ1) is 24.3. The molecule has 1 aliphatic carbocycles. The summed E-state index contributed by atoms with van der Waals surface area (Å²) in [6, 6.07) is 58.4. The maximum atomic E-state index is 2.45. The molecule has 0 fully saturated rings. The molecule has 0 saturated heterocycles. The van der Waals surface area contributed by atoms with Crippen LogP contribution >= 0.6 is 11.3 Å². The van der Waals surface area contributed by atoms with Gasteiger partial charge in [-0.1, -0.05) is 103 Å². The molecule has 0 unspecified atom stereocenters. The third kappa shape index (κ3) is 3.25. The van der Waals surface area contributed by atoms with Gasteiger partial charge in [-0.2, -0.15) is 0 Å². The molecule has 12 rings (SSSR count). The van der Waals surface area contributed by atoms with E-state index in [0.717, 1.165) is 5.69 Å². The molecule has 0 aliphatic heterocycles. The molecule has 11 aromatic rings. The normalized spacial score (nSPS) is 12.5. The maximum absolute atomic E-state index is 2.45. The quantitative estimate of drug-likeness (QED) is 0.178. The second-order valence-corrected chi connectivity index (χ2v) is 14.3. The number of nitrogens with zero attached hydrogens (tertiary/aromatic N) is 2. The molecule has 3 aromatic heterocycles. The molecular weight excluding hydrogens is 613 g/mol. The lowest BCUT2D eigenvalue weighted by Crippen LogP contribution is -1.97. The smallest absolute Gasteiger partial charge is 0.0555 e. The van der Waals surface area contributed by atoms with Gasteiger partial charge in [0, 0.05) is 58.7 Å². The molecule has 0 atom stereocenters. The Morgan fingerprint density at radius 2 is 0.939 bits per heavy atom. The van der Waals surface area contributed by atoms with Crippen molar-refractivity contribution in [1.82, 2.24) is 9.13 Å². The van der Waals surface area contributed by atoms with Crippen LogP contribution < -0.4 is 0 Å². The van der Waals surface area contributed by atoms with Crippen molar-refractivity contribution >= 4 is 85.9 Å². The van der Waals surface area contributed by atoms with Gasteiger partial charge in [-0.15, -0.1) is 11.3 Å². The van der Waals surface area contributed by atoms with Gasteiger partial charge in [0.25, 0.3) is 0 Å². The van der Waals surface area contributed by atoms with E-state index >= 15 is 0 Å². The van der Waals surface area contributed by atoms with Gasteiger partial charge in [-0.05, 0) is 82.1 Å². The highest BCUT2D eigenvalue weighted by Crippen LogP contribution is 2.52. The predicted molar refractivity (Wildman–Crippen MR) is 210 cm³/mol. The van der Waals surface area contributed by atoms with Gasteiger partial charge < -0.3 is 9.13 Å². The van der Waals surface area contributed by atoms with Crippen molar-refractivity contribution < 1.29 is 0 Å². The minimum absolute atomic E-state index is 1.16. The number of hydrogen-bond donors (Lipinski definition) is 0. The van der Waals surface area contributed by atoms with Gasteiger partial charge >= 0.3 is 0 Å². The van der Waals surface area contributed by atoms with Crippen LogP contribution in [0.4, 0.5) is 0 Å². The van der Waals surface area contributed by atoms with Crippen molar-refractivity contribution in [3.8, 4) is 33.6 Å². The van der Waals surface area contributed by atoms with Gasteiger partial charge in [0.05, 0.1) is 22.1 Å². The average molecular weight is 639 g/mol. The Labute approximate surface area is 285 Å². The van der Waals surface area contributed by atoms with E-state index in [2.05, 4.69) is 167 Å². The summed E-state index contributed by atoms with van der Waals surface area (Å²) in [5.74, 6) is 0. The van der Waals surface area contributed by atoms with Crippen molar-refractivity contribution in [2.45, 2.75) is 0 Å². The zero-order valence-corrected chi connectivity index (χ0v) is 27.1. The lowest BCUT2D eigenvalue weighted by atomic mass is 9.98. The number of aromatic nitrogens is 2. The summed E-state index contributed by atoms with van der Waals surface area (Å²) in [7, 11) is 0. The highest BCUT2D eigenvalue weighted by atomic mass is 32.1. The molecule has 3 heteroatoms. The fourth-order valence-electron chi connectivity index (χ4n) is 8.88. The molecule has 0 N–H and O–H groups in total. The Kier molecular flexibility index (Phi) is 4.89. The van der Waals surface area contributed by atoms with Gasteiger partial charge in [0.2, 0.25) is 0 Å². The summed E-state index contributed by atoms with van der Waals surface area (Å²) >= 11 is 1.90. The summed E-state index contributed by atoms with van der Waals surface area (Å²) in [6.07, 6.45) is 0. The second kappa shape index (κ2) is 9.25. The van der Waals surface area contributed by atoms with E-state index in [1.54, 1.807) is 0 Å². The summed E-state index contributed by atoms with van der Waals surface area (Å²) in [6.45, 7) is 0. The Morgan fingerprint density at radius 3 is 1.67 bits per heavy atom. The predicted octanol–water partition coefficient (Wildman–Crippen LogP) is 13.0. The first kappa shape index (κ1) is 25.9. The molecule has 8 aromatic carbocycles. The zero-order chi connectivity index (χ0) is 31.8. The molecule has 0 spiro atoms. The van der Waals surface area contributed by atoms with Crippen LogP contribution in [0.5, 0.6) is 0 Å². The van der Waals surface area contributed by atoms with E-state index in [1.165, 1.54) is 102 Å². The Bertz CT molecular complexity index is 3200. The van der Waals surface area contributed by atoms with E-state index in [-0.39, 0.29) is 0 Å². The number of fused-ring (bicyclic) bond motifs is 14. The average Bonchev–Trinajstić information content (AvgIpc) is 3.89. The number of thiophene rings is 1. The van der Waals surface area contributed by atoms with Gasteiger partial charge in [0.1, 0.15) is 0 Å². The molecule has 0 amide bonds. The highest BCUT2D eigenvalue weighted by molar-refractivity contribution is 7.26. The van der Waals surface area contributed by atoms with E-state index in [9.17, 15) is 0 Å². The molecular formula is C46H26N2S. The highest BCUT2D eigenvalue weighted by Gasteiger charge is 2.26. The molecule has 0 saturated carbocycles. The summed E-state index contributed by atoms with van der Waals surface area (Å²) in [5, 5.41) is 10.6. The van der Waals surface area contributed by atoms with Gasteiger partial charge in [-0.25, -0.2) is 0 Å². The third-order valence-electron chi connectivity index (χ3n) is 10.8. The molecule has 226 valence electrons. The lowest BCUT2D eigenvalue weighted by molar-refractivity contribution is 1.14. The number of hydrogen-bond acceptors (Lipinski definition) is 1. The van der Waals surface area contributed by atoms with Gasteiger partial charge in [0.15, 0.2) is 0 Å². The van der Waals surface area contributed by atoms with Crippen molar-refractivity contribution in [1.29, 1.82) is 0 Å². The largest absolute Gasteiger partial charge is 0.309 e. The van der Waals surface area contributed by atoms with Crippen molar-refractivity contribution in [2.75, 3.05) is 0 Å². The fraction of sp³-hybridized carbons (Fsp3) is 0. The molecule has 49 heavy (non-hydrogen) atoms. The Morgan fingerprint density at radius 1 is 0.347 bits per heavy atom. The molecule has 1 aliphatic rings. The van der Waals surface area contributed by atoms with Crippen LogP contribution in [0.2, 0.25) is 0 Å². The summed E-state index contributed by atoms with van der Waals surface area (Å²) in [5.41, 5.74) is 12.6. The van der Waals surface area contributed by atoms with E-state index in [0.29, 0.717) is 0 Å². The molecule has 0 bridgehead atoms. The minimum atomic E-state index is 1.16. The molecule has 2 nitrogen and oxygen atoms in total. The molecule has 3 heterocycles. The lowest BCUT2D eigenvalue weighted by Gasteiger charge is -2.12. The monoisotopic (exact) mass is 638 g/mol. The Hall–Kier alpha value is -6.16. The second-order valence-electron chi connectivity index (χ2n) is 13.2. The van der Waals surface area contributed by atoms with E-state index in [1.807, 2.05) is 11.3 Å². The van der Waals surface area contributed by atoms with Crippen molar-refractivity contribution in [3.05, 3.63) is 158 Å². The minimum Gasteiger partial charge on any atom is -0.309 e. The van der Waals surface area contributed by atoms with E-state index in [4.69, 9.17) is 0 Å². The van der Waals surface area contributed by atoms with Crippen LogP contribution in [0, 0.1) is 0 Å². The molecule has 0 radical (unpaired) electrons. The maximum Gasteiger partial charge on any atom is 0.0555 e. The summed E-state index contributed by atoms with van der Waals surface area (Å²) in [4.78, 5) is 0. The van der Waals surface area contributed by atoms with Crippen molar-refractivity contribution in [2.24, 2.45) is 0 Å². The number of para-hydroxylation sites is 2. The number of rotatable bonds is 2. The van der Waals surface area contributed by atoms with Crippen LogP contribution in [0.3, 0.4) is 0 Å². The summed E-state index contributed by atoms with van der Waals surface area (Å²) < 4.78 is 7.59. The van der Waals surface area contributed by atoms with Crippen LogP contribution in [0.25, 0.3) is 108 Å². The van der Waals surface area contributed by atoms with Crippen molar-refractivity contribution in [3.63, 3.8) is 0 Å². The number of benzene rings is 8. The van der Waals surface area contributed by atoms with Crippen LogP contribution in [-0.2, 0) is 0 Å². The van der Waals surface area contributed by atoms with Crippen LogP contribution in [0.1, 0.15) is 0 Å². The van der Waals surface area contributed by atoms with Gasteiger partial charge in [-0.3, -0.25) is 0 Å². The standard InChI is InChI=1S/C46H26N2S/c1-4-16-37-34(12-1)44-39(25-23-32-31-14-7-9-27-10-8-15-36(42(27)31)43(32)44)47(37)28-19-21-29(22-20-28)48-38-17-5-2-13-35(38)45-40(48)26-24-33-30-11-3-6-18-41(30)49-46(33)45/h1-26H. The SMILES string of the molecule is c1cc2c3c(cccc3c1)-c1c-2ccc2c1c1ccccc1n2-c1ccc(-n2c3ccccc3c3c4sc5ccccc5c4ccc32)cc1. The first-order valence-corrected chi connectivity index (χ1v) is 17.7. The van der Waals surface area contributed by atoms with Crippen LogP contribution in [0.15, 0.2) is 158 Å². The zero-order valence-electron chi connectivity index (χ0n) is 26.3. The van der Waals surface area contributed by atoms with E-state index < -0.39 is 0 Å².